The van der Waals surface area contributed by atoms with E-state index in [-0.39, 0.29) is 0 Å². The molecule has 44 valence electrons. The number of hydrogen-bond donors (Lipinski definition) is 1. The molecule has 0 aromatic heterocycles. The van der Waals surface area contributed by atoms with Gasteiger partial charge in [0.1, 0.15) is 3.72 Å². The summed E-state index contributed by atoms with van der Waals surface area (Å²) in [6.45, 7) is 3.50. The van der Waals surface area contributed by atoms with Gasteiger partial charge in [-0.2, -0.15) is 0 Å². The molecule has 0 aromatic rings. The summed E-state index contributed by atoms with van der Waals surface area (Å²) < 4.78 is 0.837. The minimum absolute atomic E-state index is 0.837. The Morgan fingerprint density at radius 2 is 2.38 bits per heavy atom. The molecule has 0 aliphatic heterocycles. The fourth-order valence-electron chi connectivity index (χ4n) is 0.167. The number of hydrogen-bond acceptors (Lipinski definition) is 2. The fourth-order valence-corrected chi connectivity index (χ4v) is 0.328. The number of halogens is 1. The number of aliphatic imine (C=N–C) groups is 1. The van der Waals surface area contributed by atoms with Gasteiger partial charge in [-0.15, -0.1) is 0 Å². The maximum absolute atomic E-state index is 5.01. The van der Waals surface area contributed by atoms with E-state index in [0.717, 1.165) is 3.72 Å². The van der Waals surface area contributed by atoms with Gasteiger partial charge in [-0.25, -0.2) is 4.99 Å². The van der Waals surface area contributed by atoms with Crippen molar-refractivity contribution in [2.24, 2.45) is 10.7 Å². The average molecular weight is 222 g/mol. The van der Waals surface area contributed by atoms with Gasteiger partial charge in [0.15, 0.2) is 0 Å². The van der Waals surface area contributed by atoms with Crippen LogP contribution in [-0.4, -0.2) is 3.72 Å². The van der Waals surface area contributed by atoms with E-state index in [1.807, 2.05) is 0 Å². The molecular weight excluding hydrogens is 215 g/mol. The Hall–Kier alpha value is -0.320. The van der Waals surface area contributed by atoms with Crippen molar-refractivity contribution in [2.45, 2.75) is 0 Å². The van der Waals surface area contributed by atoms with Crippen molar-refractivity contribution in [1.29, 1.82) is 0 Å². The molecule has 0 amide bonds. The van der Waals surface area contributed by atoms with Crippen LogP contribution in [0.3, 0.4) is 0 Å². The Balaban J connectivity index is 3.74. The van der Waals surface area contributed by atoms with Gasteiger partial charge in [0.25, 0.3) is 0 Å². The normalized spacial score (nSPS) is 12.4. The summed E-state index contributed by atoms with van der Waals surface area (Å²) in [7, 11) is 0. The van der Waals surface area contributed by atoms with Crippen molar-refractivity contribution in [3.05, 3.63) is 25.1 Å². The van der Waals surface area contributed by atoms with E-state index >= 15 is 0 Å². The van der Waals surface area contributed by atoms with Gasteiger partial charge < -0.3 is 5.73 Å². The molecule has 0 heterocycles. The van der Waals surface area contributed by atoms with Crippen LogP contribution >= 0.6 is 22.6 Å². The molecule has 0 radical (unpaired) electrons. The van der Waals surface area contributed by atoms with Crippen LogP contribution in [0, 0.1) is 0 Å². The zero-order chi connectivity index (χ0) is 6.41. The molecule has 0 fully saturated rings. The van der Waals surface area contributed by atoms with Crippen molar-refractivity contribution in [1.82, 2.24) is 0 Å². The molecule has 0 aliphatic carbocycles. The summed E-state index contributed by atoms with van der Waals surface area (Å²) in [4.78, 5) is 3.84. The van der Waals surface area contributed by atoms with E-state index in [4.69, 9.17) is 5.73 Å². The molecule has 8 heavy (non-hydrogen) atoms. The highest BCUT2D eigenvalue weighted by Gasteiger charge is 1.74. The average Bonchev–Trinajstić information content (AvgIpc) is 1.83. The molecule has 0 atom stereocenters. The highest BCUT2D eigenvalue weighted by atomic mass is 127. The Morgan fingerprint density at radius 3 is 2.75 bits per heavy atom. The molecule has 0 rings (SSSR count). The molecular formula is C5H7IN2. The Labute approximate surface area is 62.3 Å². The quantitative estimate of drug-likeness (QED) is 0.557. The monoisotopic (exact) mass is 222 g/mol. The van der Waals surface area contributed by atoms with E-state index in [9.17, 15) is 0 Å². The van der Waals surface area contributed by atoms with Crippen molar-refractivity contribution < 1.29 is 0 Å². The summed E-state index contributed by atoms with van der Waals surface area (Å²) in [6, 6.07) is 0. The number of rotatable bonds is 2. The van der Waals surface area contributed by atoms with Gasteiger partial charge in [-0.05, 0) is 28.7 Å². The Kier molecular flexibility index (Phi) is 4.64. The molecule has 2 N–H and O–H groups in total. The zero-order valence-electron chi connectivity index (χ0n) is 4.34. The maximum Gasteiger partial charge on any atom is 0.100 e. The summed E-state index contributed by atoms with van der Waals surface area (Å²) in [5.41, 5.74) is 5.01. The first-order chi connectivity index (χ1) is 3.81. The summed E-state index contributed by atoms with van der Waals surface area (Å²) in [5.74, 6) is 0. The summed E-state index contributed by atoms with van der Waals surface area (Å²) in [6.07, 6.45) is 4.55. The van der Waals surface area contributed by atoms with Crippen LogP contribution in [0.5, 0.6) is 0 Å². The van der Waals surface area contributed by atoms with Crippen molar-refractivity contribution in [3.63, 3.8) is 0 Å². The van der Waals surface area contributed by atoms with Gasteiger partial charge in [0, 0.05) is 12.4 Å². The summed E-state index contributed by atoms with van der Waals surface area (Å²) >= 11 is 2.05. The first-order valence-corrected chi connectivity index (χ1v) is 3.11. The SMILES string of the molecule is C=CC(I)=N/C=C\N. The predicted octanol–water partition coefficient (Wildman–Crippen LogP) is 1.44. The standard InChI is InChI=1S/C5H7IN2/c1-2-5(6)8-4-3-7/h2-4H,1,7H2/b4-3-,8-5?. The van der Waals surface area contributed by atoms with Crippen LogP contribution in [0.25, 0.3) is 0 Å². The van der Waals surface area contributed by atoms with E-state index in [0.29, 0.717) is 0 Å². The largest absolute Gasteiger partial charge is 0.403 e. The number of allylic oxidation sites excluding steroid dienone is 1. The molecule has 0 aliphatic rings. The van der Waals surface area contributed by atoms with E-state index in [1.54, 1.807) is 6.08 Å². The van der Waals surface area contributed by atoms with Gasteiger partial charge >= 0.3 is 0 Å². The third-order valence-corrected chi connectivity index (χ3v) is 1.17. The number of nitrogens with two attached hydrogens (primary N) is 1. The highest BCUT2D eigenvalue weighted by Crippen LogP contribution is 1.90. The lowest BCUT2D eigenvalue weighted by atomic mass is 10.7. The molecule has 2 nitrogen and oxygen atoms in total. The van der Waals surface area contributed by atoms with E-state index in [1.165, 1.54) is 12.4 Å². The second-order valence-electron chi connectivity index (χ2n) is 0.997. The van der Waals surface area contributed by atoms with Crippen LogP contribution in [0.1, 0.15) is 0 Å². The van der Waals surface area contributed by atoms with Crippen molar-refractivity contribution in [2.75, 3.05) is 0 Å². The molecule has 0 bridgehead atoms. The lowest BCUT2D eigenvalue weighted by molar-refractivity contribution is 1.50. The maximum atomic E-state index is 5.01. The van der Waals surface area contributed by atoms with Gasteiger partial charge in [-0.1, -0.05) is 6.58 Å². The van der Waals surface area contributed by atoms with Crippen molar-refractivity contribution >= 4 is 26.3 Å². The topological polar surface area (TPSA) is 38.4 Å². The minimum Gasteiger partial charge on any atom is -0.403 e. The zero-order valence-corrected chi connectivity index (χ0v) is 6.50. The number of nitrogens with zero attached hydrogens (tertiary/aromatic N) is 1. The lowest BCUT2D eigenvalue weighted by Crippen LogP contribution is -1.76. The minimum atomic E-state index is 0.837. The van der Waals surface area contributed by atoms with Gasteiger partial charge in [0.2, 0.25) is 0 Å². The predicted molar refractivity (Wildman–Crippen MR) is 45.0 cm³/mol. The fraction of sp³-hybridized carbons (Fsp3) is 0. The first kappa shape index (κ1) is 7.68. The van der Waals surface area contributed by atoms with E-state index in [2.05, 4.69) is 34.2 Å². The second-order valence-corrected chi connectivity index (χ2v) is 2.10. The van der Waals surface area contributed by atoms with Crippen LogP contribution < -0.4 is 5.73 Å². The van der Waals surface area contributed by atoms with Crippen LogP contribution in [0.4, 0.5) is 0 Å². The Bertz CT molecular complexity index is 126. The smallest absolute Gasteiger partial charge is 0.100 e. The first-order valence-electron chi connectivity index (χ1n) is 2.03. The highest BCUT2D eigenvalue weighted by molar-refractivity contribution is 14.1. The Morgan fingerprint density at radius 1 is 1.75 bits per heavy atom. The molecule has 0 saturated carbocycles. The molecule has 0 spiro atoms. The molecule has 0 saturated heterocycles. The van der Waals surface area contributed by atoms with E-state index < -0.39 is 0 Å². The lowest BCUT2D eigenvalue weighted by Gasteiger charge is -1.78. The summed E-state index contributed by atoms with van der Waals surface area (Å²) in [5, 5.41) is 0. The van der Waals surface area contributed by atoms with Gasteiger partial charge in [-0.3, -0.25) is 0 Å². The molecule has 0 unspecified atom stereocenters. The van der Waals surface area contributed by atoms with Gasteiger partial charge in [0.05, 0.1) is 0 Å². The third-order valence-electron chi connectivity index (χ3n) is 0.452. The van der Waals surface area contributed by atoms with Crippen LogP contribution in [0.15, 0.2) is 30.0 Å². The molecule has 0 aromatic carbocycles. The third kappa shape index (κ3) is 3.86. The second kappa shape index (κ2) is 4.83. The van der Waals surface area contributed by atoms with Crippen LogP contribution in [-0.2, 0) is 0 Å². The van der Waals surface area contributed by atoms with Crippen LogP contribution in [0.2, 0.25) is 0 Å². The molecule has 3 heteroatoms. The van der Waals surface area contributed by atoms with Crippen molar-refractivity contribution in [3.8, 4) is 0 Å².